The van der Waals surface area contributed by atoms with Crippen LogP contribution < -0.4 is 11.5 Å². The van der Waals surface area contributed by atoms with E-state index < -0.39 is 6.03 Å². The molecule has 0 aliphatic rings. The smallest absolute Gasteiger partial charge is 0.309 e. The van der Waals surface area contributed by atoms with Gasteiger partial charge in [-0.25, -0.2) is 4.79 Å². The molecular formula is C4H6N4O2. The van der Waals surface area contributed by atoms with Crippen molar-refractivity contribution < 1.29 is 9.59 Å². The molecule has 0 unspecified atom stereocenters. The molecule has 0 heterocycles. The molecule has 0 spiro atoms. The first-order chi connectivity index (χ1) is 4.65. The van der Waals surface area contributed by atoms with Gasteiger partial charge in [0.15, 0.2) is 12.1 Å². The minimum absolute atomic E-state index is 0.833. The number of hydrogen-bond acceptors (Lipinski definition) is 4. The molecule has 0 radical (unpaired) electrons. The second-order valence-electron chi connectivity index (χ2n) is 0.626. The maximum absolute atomic E-state index is 9.00. The first-order valence-corrected chi connectivity index (χ1v) is 1.77. The van der Waals surface area contributed by atoms with Crippen LogP contribution in [0.5, 0.6) is 0 Å². The minimum Gasteiger partial charge on any atom is -0.352 e. The van der Waals surface area contributed by atoms with Crippen molar-refractivity contribution >= 4 is 12.8 Å². The zero-order chi connectivity index (χ0) is 8.99. The molecule has 0 saturated heterocycles. The Morgan fingerprint density at radius 2 is 1.30 bits per heavy atom. The molecule has 0 aromatic heterocycles. The lowest BCUT2D eigenvalue weighted by Gasteiger charge is -1.62. The average Bonchev–Trinajstić information content (AvgIpc) is 1.91. The van der Waals surface area contributed by atoms with Gasteiger partial charge in [-0.05, 0) is 0 Å². The lowest BCUT2D eigenvalue weighted by atomic mass is 10.9. The highest BCUT2D eigenvalue weighted by molar-refractivity contribution is 5.69. The molecule has 0 bridgehead atoms. The summed E-state index contributed by atoms with van der Waals surface area (Å²) in [6, 6.07) is 1.64. The predicted octanol–water partition coefficient (Wildman–Crippen LogP) is -1.13. The van der Waals surface area contributed by atoms with E-state index in [0.29, 0.717) is 0 Å². The molecule has 54 valence electrons. The van der Waals surface area contributed by atoms with E-state index in [0.717, 1.165) is 0 Å². The summed E-state index contributed by atoms with van der Waals surface area (Å²) in [5.41, 5.74) is 8.50. The summed E-state index contributed by atoms with van der Waals surface area (Å²) in [5, 5.41) is 14.5. The van der Waals surface area contributed by atoms with Crippen LogP contribution in [0.4, 0.5) is 4.79 Å². The van der Waals surface area contributed by atoms with Crippen LogP contribution >= 0.6 is 0 Å². The van der Waals surface area contributed by atoms with Crippen molar-refractivity contribution in [2.24, 2.45) is 11.5 Å². The average molecular weight is 142 g/mol. The van der Waals surface area contributed by atoms with Crippen molar-refractivity contribution in [3.05, 3.63) is 0 Å². The van der Waals surface area contributed by atoms with Crippen molar-refractivity contribution in [1.82, 2.24) is 0 Å². The van der Waals surface area contributed by atoms with Crippen molar-refractivity contribution in [2.75, 3.05) is 0 Å². The van der Waals surface area contributed by atoms with Crippen LogP contribution in [0.15, 0.2) is 0 Å². The van der Waals surface area contributed by atoms with Crippen LogP contribution in [0.1, 0.15) is 0 Å². The van der Waals surface area contributed by atoms with Gasteiger partial charge in [-0.3, -0.25) is 0 Å². The molecular weight excluding hydrogens is 136 g/mol. The molecule has 6 heteroatoms. The van der Waals surface area contributed by atoms with Gasteiger partial charge in [-0.2, -0.15) is 10.5 Å². The highest BCUT2D eigenvalue weighted by Crippen LogP contribution is 1.27. The van der Waals surface area contributed by atoms with Crippen molar-refractivity contribution in [3.63, 3.8) is 0 Å². The van der Waals surface area contributed by atoms with Crippen LogP contribution in [0.2, 0.25) is 0 Å². The SMILES string of the molecule is C=O.N#CC#N.NC(N)=O. The van der Waals surface area contributed by atoms with Crippen molar-refractivity contribution in [3.8, 4) is 12.1 Å². The van der Waals surface area contributed by atoms with Crippen LogP contribution in [-0.4, -0.2) is 12.8 Å². The van der Waals surface area contributed by atoms with Gasteiger partial charge in [-0.15, -0.1) is 0 Å². The van der Waals surface area contributed by atoms with Gasteiger partial charge < -0.3 is 16.3 Å². The Balaban J connectivity index is -0.0000000787. The number of nitriles is 2. The van der Waals surface area contributed by atoms with Crippen molar-refractivity contribution in [2.45, 2.75) is 0 Å². The summed E-state index contributed by atoms with van der Waals surface area (Å²) < 4.78 is 0. The van der Waals surface area contributed by atoms with E-state index in [4.69, 9.17) is 20.1 Å². The highest BCUT2D eigenvalue weighted by Gasteiger charge is 1.60. The second-order valence-corrected chi connectivity index (χ2v) is 0.626. The van der Waals surface area contributed by atoms with Gasteiger partial charge in [0.2, 0.25) is 0 Å². The van der Waals surface area contributed by atoms with E-state index in [1.807, 2.05) is 6.79 Å². The Kier molecular flexibility index (Phi) is 44.6. The first kappa shape index (κ1) is 15.7. The standard InChI is InChI=1S/C2N2.CH4N2O.CH2O/c3-1-2-4;2-1(3)4;1-2/h;(H4,2,3,4);1H2. The van der Waals surface area contributed by atoms with E-state index in [-0.39, 0.29) is 0 Å². The summed E-state index contributed by atoms with van der Waals surface area (Å²) >= 11 is 0. The number of carbonyl (C=O) groups is 2. The molecule has 0 aliphatic carbocycles. The molecule has 0 aliphatic heterocycles. The molecule has 10 heavy (non-hydrogen) atoms. The molecule has 4 N–H and O–H groups in total. The van der Waals surface area contributed by atoms with Gasteiger partial charge in [0.1, 0.15) is 6.79 Å². The molecule has 0 rings (SSSR count). The predicted molar refractivity (Wildman–Crippen MR) is 32.1 cm³/mol. The number of urea groups is 1. The third-order valence-corrected chi connectivity index (χ3v) is 0.0500. The quantitative estimate of drug-likeness (QED) is 0.442. The topological polar surface area (TPSA) is 134 Å². The number of amides is 2. The zero-order valence-corrected chi connectivity index (χ0v) is 5.07. The Morgan fingerprint density at radius 1 is 1.20 bits per heavy atom. The zero-order valence-electron chi connectivity index (χ0n) is 5.07. The molecule has 0 fully saturated rings. The molecule has 0 aromatic carbocycles. The minimum atomic E-state index is -0.833. The van der Waals surface area contributed by atoms with E-state index in [1.54, 1.807) is 0 Å². The Hall–Kier alpha value is -2.08. The van der Waals surface area contributed by atoms with E-state index in [2.05, 4.69) is 11.5 Å². The van der Waals surface area contributed by atoms with Gasteiger partial charge in [0.25, 0.3) is 0 Å². The summed E-state index contributed by atoms with van der Waals surface area (Å²) in [5.74, 6) is 0. The van der Waals surface area contributed by atoms with Gasteiger partial charge in [-0.1, -0.05) is 0 Å². The maximum atomic E-state index is 9.00. The Bertz CT molecular complexity index is 138. The highest BCUT2D eigenvalue weighted by atomic mass is 16.2. The first-order valence-electron chi connectivity index (χ1n) is 1.77. The third kappa shape index (κ3) is 123. The van der Waals surface area contributed by atoms with E-state index in [9.17, 15) is 0 Å². The molecule has 0 aromatic rings. The normalized spacial score (nSPS) is 3.80. The Labute approximate surface area is 57.6 Å². The van der Waals surface area contributed by atoms with E-state index >= 15 is 0 Å². The van der Waals surface area contributed by atoms with Gasteiger partial charge in [0.05, 0.1) is 0 Å². The number of hydrogen-bond donors (Lipinski definition) is 2. The molecule has 0 atom stereocenters. The molecule has 2 amide bonds. The number of nitrogens with zero attached hydrogens (tertiary/aromatic N) is 2. The van der Waals surface area contributed by atoms with Gasteiger partial charge >= 0.3 is 6.03 Å². The van der Waals surface area contributed by atoms with Crippen LogP contribution in [-0.2, 0) is 4.79 Å². The van der Waals surface area contributed by atoms with E-state index in [1.165, 1.54) is 12.1 Å². The summed E-state index contributed by atoms with van der Waals surface area (Å²) in [6.07, 6.45) is 0. The van der Waals surface area contributed by atoms with Gasteiger partial charge in [0, 0.05) is 0 Å². The lowest BCUT2D eigenvalue weighted by molar-refractivity contribution is -0.0979. The van der Waals surface area contributed by atoms with Crippen LogP contribution in [0.3, 0.4) is 0 Å². The fourth-order valence-corrected chi connectivity index (χ4v) is 0. The van der Waals surface area contributed by atoms with Crippen LogP contribution in [0, 0.1) is 22.7 Å². The largest absolute Gasteiger partial charge is 0.352 e. The summed E-state index contributed by atoms with van der Waals surface area (Å²) in [7, 11) is 0. The monoisotopic (exact) mass is 142 g/mol. The summed E-state index contributed by atoms with van der Waals surface area (Å²) in [4.78, 5) is 17.0. The maximum Gasteiger partial charge on any atom is 0.309 e. The second kappa shape index (κ2) is 28.4. The van der Waals surface area contributed by atoms with Crippen molar-refractivity contribution in [1.29, 1.82) is 10.5 Å². The van der Waals surface area contributed by atoms with Crippen LogP contribution in [0.25, 0.3) is 0 Å². The Morgan fingerprint density at radius 3 is 1.30 bits per heavy atom. The fourth-order valence-electron chi connectivity index (χ4n) is 0. The number of rotatable bonds is 0. The molecule has 0 saturated carbocycles. The number of primary amides is 2. The summed E-state index contributed by atoms with van der Waals surface area (Å²) in [6.45, 7) is 2.00. The molecule has 6 nitrogen and oxygen atoms in total. The fraction of sp³-hybridized carbons (Fsp3) is 0. The third-order valence-electron chi connectivity index (χ3n) is 0.0500. The number of carbonyl (C=O) groups excluding carboxylic acids is 2. The lowest BCUT2D eigenvalue weighted by Crippen LogP contribution is -2.18. The number of nitrogens with two attached hydrogens (primary N) is 2.